The Morgan fingerprint density at radius 1 is 1.19 bits per heavy atom. The maximum atomic E-state index is 12.5. The van der Waals surface area contributed by atoms with E-state index in [0.29, 0.717) is 17.9 Å². The number of hydrogen-bond acceptors (Lipinski definition) is 5. The number of nitrogens with one attached hydrogen (secondary N) is 2. The second kappa shape index (κ2) is 8.23. The first kappa shape index (κ1) is 18.3. The summed E-state index contributed by atoms with van der Waals surface area (Å²) in [6, 6.07) is 8.27. The summed E-state index contributed by atoms with van der Waals surface area (Å²) >= 11 is 0. The van der Waals surface area contributed by atoms with Gasteiger partial charge in [0.05, 0.1) is 6.04 Å². The van der Waals surface area contributed by atoms with Crippen LogP contribution in [-0.2, 0) is 17.8 Å². The normalized spacial score (nSPS) is 15.2. The fourth-order valence-corrected chi connectivity index (χ4v) is 3.20. The zero-order valence-electron chi connectivity index (χ0n) is 15.2. The molecule has 1 aliphatic rings. The molecule has 1 aliphatic heterocycles. The Morgan fingerprint density at radius 3 is 2.69 bits per heavy atom. The van der Waals surface area contributed by atoms with Gasteiger partial charge in [0.2, 0.25) is 5.78 Å². The van der Waals surface area contributed by atoms with E-state index in [2.05, 4.69) is 39.2 Å². The molecule has 2 heterocycles. The Hall–Kier alpha value is -2.54. The van der Waals surface area contributed by atoms with Crippen LogP contribution in [0.15, 0.2) is 30.3 Å². The van der Waals surface area contributed by atoms with Crippen LogP contribution in [0.5, 0.6) is 0 Å². The van der Waals surface area contributed by atoms with Crippen LogP contribution in [-0.4, -0.2) is 39.5 Å². The third-order valence-electron chi connectivity index (χ3n) is 4.46. The van der Waals surface area contributed by atoms with Crippen molar-refractivity contribution in [1.82, 2.24) is 25.4 Å². The lowest BCUT2D eigenvalue weighted by Crippen LogP contribution is -2.36. The number of ketones is 1. The molecule has 0 radical (unpaired) electrons. The number of Topliss-reactive ketones (excluding diaryl/α,β-unsaturated/α-hetero) is 1. The fourth-order valence-electron chi connectivity index (χ4n) is 3.20. The number of carbonyl (C=O) groups is 2. The van der Waals surface area contributed by atoms with Crippen LogP contribution in [0.1, 0.15) is 48.3 Å². The molecule has 1 amide bonds. The quantitative estimate of drug-likeness (QED) is 0.606. The van der Waals surface area contributed by atoms with Crippen molar-refractivity contribution in [3.05, 3.63) is 47.5 Å². The van der Waals surface area contributed by atoms with Crippen molar-refractivity contribution in [2.45, 2.75) is 39.3 Å². The van der Waals surface area contributed by atoms with Crippen LogP contribution in [0.4, 0.5) is 0 Å². The minimum atomic E-state index is -0.606. The van der Waals surface area contributed by atoms with Crippen LogP contribution >= 0.6 is 0 Å². The van der Waals surface area contributed by atoms with E-state index >= 15 is 0 Å². The number of amides is 1. The van der Waals surface area contributed by atoms with E-state index in [0.717, 1.165) is 37.7 Å². The minimum Gasteiger partial charge on any atom is -0.339 e. The second-order valence-electron chi connectivity index (χ2n) is 6.98. The molecule has 0 fully saturated rings. The summed E-state index contributed by atoms with van der Waals surface area (Å²) in [6.07, 6.45) is 1.50. The smallest absolute Gasteiger partial charge is 0.292 e. The fraction of sp³-hybridized carbons (Fsp3) is 0.474. The first-order valence-corrected chi connectivity index (χ1v) is 9.09. The molecule has 0 aliphatic carbocycles. The summed E-state index contributed by atoms with van der Waals surface area (Å²) in [5, 5.41) is 14.9. The molecule has 0 saturated heterocycles. The number of hydrogen-bond donors (Lipinski definition) is 2. The molecule has 26 heavy (non-hydrogen) atoms. The van der Waals surface area contributed by atoms with Gasteiger partial charge in [-0.15, -0.1) is 10.2 Å². The summed E-state index contributed by atoms with van der Waals surface area (Å²) in [7, 11) is 0. The van der Waals surface area contributed by atoms with Gasteiger partial charge in [0.1, 0.15) is 5.82 Å². The van der Waals surface area contributed by atoms with Crippen molar-refractivity contribution in [3.8, 4) is 0 Å². The van der Waals surface area contributed by atoms with E-state index in [1.165, 1.54) is 0 Å². The Kier molecular flexibility index (Phi) is 5.78. The zero-order valence-corrected chi connectivity index (χ0v) is 15.2. The molecule has 0 bridgehead atoms. The lowest BCUT2D eigenvalue weighted by atomic mass is 10.0. The van der Waals surface area contributed by atoms with Crippen molar-refractivity contribution in [2.24, 2.45) is 5.92 Å². The minimum absolute atomic E-state index is 0.337. The van der Waals surface area contributed by atoms with E-state index in [-0.39, 0.29) is 6.04 Å². The molecule has 2 N–H and O–H groups in total. The van der Waals surface area contributed by atoms with E-state index in [4.69, 9.17) is 0 Å². The molecule has 1 aromatic carbocycles. The van der Waals surface area contributed by atoms with Gasteiger partial charge >= 0.3 is 0 Å². The molecule has 2 aromatic rings. The van der Waals surface area contributed by atoms with Gasteiger partial charge in [0.15, 0.2) is 5.82 Å². The molecular formula is C19H25N5O2. The lowest BCUT2D eigenvalue weighted by molar-refractivity contribution is -0.117. The molecule has 1 atom stereocenters. The first-order valence-electron chi connectivity index (χ1n) is 9.09. The van der Waals surface area contributed by atoms with Gasteiger partial charge in [0, 0.05) is 31.6 Å². The zero-order chi connectivity index (χ0) is 18.5. The number of benzene rings is 1. The second-order valence-corrected chi connectivity index (χ2v) is 6.98. The van der Waals surface area contributed by atoms with Crippen LogP contribution < -0.4 is 10.6 Å². The number of carbonyl (C=O) groups excluding carboxylic acids is 2. The largest absolute Gasteiger partial charge is 0.339 e. The van der Waals surface area contributed by atoms with E-state index in [1.807, 2.05) is 6.07 Å². The Labute approximate surface area is 153 Å². The van der Waals surface area contributed by atoms with Gasteiger partial charge in [-0.25, -0.2) is 0 Å². The van der Waals surface area contributed by atoms with Crippen molar-refractivity contribution in [1.29, 1.82) is 0 Å². The Morgan fingerprint density at radius 2 is 1.96 bits per heavy atom. The molecule has 7 nitrogen and oxygen atoms in total. The molecule has 0 spiro atoms. The third-order valence-corrected chi connectivity index (χ3v) is 4.46. The van der Waals surface area contributed by atoms with Gasteiger partial charge < -0.3 is 15.2 Å². The first-order chi connectivity index (χ1) is 12.6. The molecular weight excluding hydrogens is 330 g/mol. The molecule has 3 rings (SSSR count). The average Bonchev–Trinajstić information content (AvgIpc) is 2.89. The maximum Gasteiger partial charge on any atom is 0.292 e. The monoisotopic (exact) mass is 355 g/mol. The van der Waals surface area contributed by atoms with Crippen LogP contribution in [0.25, 0.3) is 0 Å². The van der Waals surface area contributed by atoms with Crippen LogP contribution in [0.2, 0.25) is 0 Å². The maximum absolute atomic E-state index is 12.5. The van der Waals surface area contributed by atoms with Gasteiger partial charge in [-0.1, -0.05) is 44.2 Å². The third kappa shape index (κ3) is 4.16. The number of fused-ring (bicyclic) bond motifs is 1. The van der Waals surface area contributed by atoms with Crippen LogP contribution in [0.3, 0.4) is 0 Å². The van der Waals surface area contributed by atoms with E-state index < -0.39 is 11.7 Å². The number of rotatable bonds is 6. The predicted molar refractivity (Wildman–Crippen MR) is 97.7 cm³/mol. The highest BCUT2D eigenvalue weighted by atomic mass is 16.2. The van der Waals surface area contributed by atoms with E-state index in [9.17, 15) is 9.59 Å². The predicted octanol–water partition coefficient (Wildman–Crippen LogP) is 1.51. The van der Waals surface area contributed by atoms with Crippen molar-refractivity contribution in [3.63, 3.8) is 0 Å². The molecule has 1 aromatic heterocycles. The van der Waals surface area contributed by atoms with Gasteiger partial charge in [-0.2, -0.15) is 0 Å². The SMILES string of the molecule is CC(C)CC(NC(=O)C(=O)c1ccccc1)c1nnc2n1CCNCC2. The highest BCUT2D eigenvalue weighted by Gasteiger charge is 2.27. The summed E-state index contributed by atoms with van der Waals surface area (Å²) < 4.78 is 2.07. The Bertz CT molecular complexity index is 769. The standard InChI is InChI=1S/C19H25N5O2/c1-13(2)12-15(18-23-22-16-8-9-20-10-11-24(16)18)21-19(26)17(25)14-6-4-3-5-7-14/h3-7,13,15,20H,8-12H2,1-2H3,(H,21,26). The van der Waals surface area contributed by atoms with Gasteiger partial charge in [0.25, 0.3) is 5.91 Å². The van der Waals surface area contributed by atoms with Crippen molar-refractivity contribution >= 4 is 11.7 Å². The van der Waals surface area contributed by atoms with Gasteiger partial charge in [-0.3, -0.25) is 9.59 Å². The molecule has 1 unspecified atom stereocenters. The van der Waals surface area contributed by atoms with Crippen molar-refractivity contribution < 1.29 is 9.59 Å². The molecule has 0 saturated carbocycles. The number of nitrogens with zero attached hydrogens (tertiary/aromatic N) is 3. The average molecular weight is 355 g/mol. The van der Waals surface area contributed by atoms with Crippen molar-refractivity contribution in [2.75, 3.05) is 13.1 Å². The van der Waals surface area contributed by atoms with Crippen LogP contribution in [0, 0.1) is 5.92 Å². The summed E-state index contributed by atoms with van der Waals surface area (Å²) in [4.78, 5) is 25.0. The summed E-state index contributed by atoms with van der Waals surface area (Å²) in [5.41, 5.74) is 0.387. The topological polar surface area (TPSA) is 88.9 Å². The summed E-state index contributed by atoms with van der Waals surface area (Å²) in [5.74, 6) is 0.848. The lowest BCUT2D eigenvalue weighted by Gasteiger charge is -2.20. The number of aromatic nitrogens is 3. The highest BCUT2D eigenvalue weighted by Crippen LogP contribution is 2.21. The Balaban J connectivity index is 1.82. The van der Waals surface area contributed by atoms with E-state index in [1.54, 1.807) is 24.3 Å². The highest BCUT2D eigenvalue weighted by molar-refractivity contribution is 6.42. The van der Waals surface area contributed by atoms with Gasteiger partial charge in [-0.05, 0) is 12.3 Å². The summed E-state index contributed by atoms with van der Waals surface area (Å²) in [6.45, 7) is 6.63. The molecule has 138 valence electrons. The molecule has 7 heteroatoms.